The molecule has 2 aromatic rings. The fourth-order valence-electron chi connectivity index (χ4n) is 2.55. The largest absolute Gasteiger partial charge is 0.471 e. The Balaban J connectivity index is 1.60. The molecule has 0 spiro atoms. The zero-order valence-electron chi connectivity index (χ0n) is 12.7. The molecular weight excluding hydrogens is 361 g/mol. The summed E-state index contributed by atoms with van der Waals surface area (Å²) in [7, 11) is 0. The number of likely N-dealkylation sites (tertiary alicyclic amines) is 1. The standard InChI is InChI=1S/C14H13F3N4O3S/c15-14(16,17)13(23)21-5-1-3-8(21)11(22)18-7-10-19-20-12(24-10)9-4-2-6-25-9/h2,4,6,8H,1,3,5,7H2,(H,18,22). The van der Waals surface area contributed by atoms with Crippen LogP contribution in [0.1, 0.15) is 18.7 Å². The average Bonchev–Trinajstić information content (AvgIpc) is 3.31. The Hall–Kier alpha value is -2.43. The topological polar surface area (TPSA) is 88.3 Å². The van der Waals surface area contributed by atoms with Gasteiger partial charge in [0.05, 0.1) is 11.4 Å². The Morgan fingerprint density at radius 1 is 1.40 bits per heavy atom. The summed E-state index contributed by atoms with van der Waals surface area (Å²) in [6.45, 7) is -0.221. The zero-order chi connectivity index (χ0) is 18.0. The van der Waals surface area contributed by atoms with E-state index in [2.05, 4.69) is 15.5 Å². The van der Waals surface area contributed by atoms with E-state index in [1.165, 1.54) is 11.3 Å². The lowest BCUT2D eigenvalue weighted by molar-refractivity contribution is -0.186. The number of hydrogen-bond acceptors (Lipinski definition) is 6. The minimum Gasteiger partial charge on any atom is -0.418 e. The quantitative estimate of drug-likeness (QED) is 0.884. The molecule has 1 saturated heterocycles. The fraction of sp³-hybridized carbons (Fsp3) is 0.429. The van der Waals surface area contributed by atoms with Crippen molar-refractivity contribution in [1.82, 2.24) is 20.4 Å². The van der Waals surface area contributed by atoms with Gasteiger partial charge < -0.3 is 14.6 Å². The van der Waals surface area contributed by atoms with E-state index in [9.17, 15) is 22.8 Å². The van der Waals surface area contributed by atoms with Crippen molar-refractivity contribution in [3.05, 3.63) is 23.4 Å². The Morgan fingerprint density at radius 3 is 2.88 bits per heavy atom. The number of halogens is 3. The number of hydrogen-bond donors (Lipinski definition) is 1. The zero-order valence-corrected chi connectivity index (χ0v) is 13.6. The third kappa shape index (κ3) is 3.81. The molecule has 11 heteroatoms. The van der Waals surface area contributed by atoms with E-state index >= 15 is 0 Å². The Kier molecular flexibility index (Phi) is 4.75. The minimum absolute atomic E-state index is 0.0977. The van der Waals surface area contributed by atoms with E-state index in [1.807, 2.05) is 11.4 Å². The van der Waals surface area contributed by atoms with Crippen LogP contribution >= 0.6 is 11.3 Å². The van der Waals surface area contributed by atoms with Gasteiger partial charge in [0.2, 0.25) is 11.8 Å². The smallest absolute Gasteiger partial charge is 0.418 e. The van der Waals surface area contributed by atoms with Gasteiger partial charge in [-0.05, 0) is 24.3 Å². The summed E-state index contributed by atoms with van der Waals surface area (Å²) in [5.74, 6) is -2.24. The SMILES string of the molecule is O=C(NCc1nnc(-c2cccs2)o1)C1CCCN1C(=O)C(F)(F)F. The maximum Gasteiger partial charge on any atom is 0.471 e. The van der Waals surface area contributed by atoms with Gasteiger partial charge in [0.25, 0.3) is 5.89 Å². The first-order chi connectivity index (χ1) is 11.9. The predicted molar refractivity (Wildman–Crippen MR) is 80.2 cm³/mol. The summed E-state index contributed by atoms with van der Waals surface area (Å²) in [6.07, 6.45) is -4.48. The molecule has 1 aliphatic heterocycles. The number of thiophene rings is 1. The van der Waals surface area contributed by atoms with E-state index in [0.717, 1.165) is 4.88 Å². The summed E-state index contributed by atoms with van der Waals surface area (Å²) in [5, 5.41) is 11.9. The molecule has 0 aliphatic carbocycles. The number of rotatable bonds is 4. The highest BCUT2D eigenvalue weighted by Crippen LogP contribution is 2.26. The van der Waals surface area contributed by atoms with Gasteiger partial charge in [-0.1, -0.05) is 6.07 Å². The molecule has 0 aromatic carbocycles. The normalized spacial score (nSPS) is 17.7. The number of carbonyl (C=O) groups excluding carboxylic acids is 2. The summed E-state index contributed by atoms with van der Waals surface area (Å²) in [5.41, 5.74) is 0. The molecule has 2 aromatic heterocycles. The lowest BCUT2D eigenvalue weighted by Crippen LogP contribution is -2.50. The van der Waals surface area contributed by atoms with Crippen molar-refractivity contribution >= 4 is 23.2 Å². The first-order valence-corrected chi connectivity index (χ1v) is 8.26. The molecular formula is C14H13F3N4O3S. The van der Waals surface area contributed by atoms with E-state index in [0.29, 0.717) is 17.2 Å². The second-order valence-electron chi connectivity index (χ2n) is 5.35. The second-order valence-corrected chi connectivity index (χ2v) is 6.30. The molecule has 0 bridgehead atoms. The van der Waals surface area contributed by atoms with Crippen molar-refractivity contribution in [3.63, 3.8) is 0 Å². The van der Waals surface area contributed by atoms with Crippen molar-refractivity contribution in [2.45, 2.75) is 31.6 Å². The van der Waals surface area contributed by atoms with Crippen LogP contribution in [0.3, 0.4) is 0 Å². The van der Waals surface area contributed by atoms with Gasteiger partial charge in [-0.3, -0.25) is 9.59 Å². The molecule has 134 valence electrons. The summed E-state index contributed by atoms with van der Waals surface area (Å²) < 4.78 is 43.1. The summed E-state index contributed by atoms with van der Waals surface area (Å²) >= 11 is 1.41. The highest BCUT2D eigenvalue weighted by molar-refractivity contribution is 7.13. The van der Waals surface area contributed by atoms with Crippen LogP contribution in [-0.4, -0.2) is 45.7 Å². The van der Waals surface area contributed by atoms with Crippen LogP contribution in [-0.2, 0) is 16.1 Å². The third-order valence-electron chi connectivity index (χ3n) is 3.67. The van der Waals surface area contributed by atoms with Gasteiger partial charge in [0.15, 0.2) is 0 Å². The molecule has 3 heterocycles. The molecule has 1 unspecified atom stereocenters. The van der Waals surface area contributed by atoms with Crippen LogP contribution in [0.4, 0.5) is 13.2 Å². The van der Waals surface area contributed by atoms with Crippen LogP contribution in [0.25, 0.3) is 10.8 Å². The molecule has 1 fully saturated rings. The molecule has 1 aliphatic rings. The van der Waals surface area contributed by atoms with E-state index in [-0.39, 0.29) is 25.4 Å². The van der Waals surface area contributed by atoms with Crippen molar-refractivity contribution in [3.8, 4) is 10.8 Å². The van der Waals surface area contributed by atoms with Crippen molar-refractivity contribution in [2.75, 3.05) is 6.54 Å². The lowest BCUT2D eigenvalue weighted by Gasteiger charge is -2.24. The summed E-state index contributed by atoms with van der Waals surface area (Å²) in [4.78, 5) is 24.8. The maximum absolute atomic E-state index is 12.6. The van der Waals surface area contributed by atoms with Crippen LogP contribution in [0.5, 0.6) is 0 Å². The van der Waals surface area contributed by atoms with Gasteiger partial charge in [0.1, 0.15) is 6.04 Å². The van der Waals surface area contributed by atoms with Crippen molar-refractivity contribution in [2.24, 2.45) is 0 Å². The highest BCUT2D eigenvalue weighted by Gasteiger charge is 2.47. The van der Waals surface area contributed by atoms with Crippen LogP contribution < -0.4 is 5.32 Å². The minimum atomic E-state index is -5.00. The highest BCUT2D eigenvalue weighted by atomic mass is 32.1. The molecule has 1 N–H and O–H groups in total. The average molecular weight is 374 g/mol. The monoisotopic (exact) mass is 374 g/mol. The molecule has 0 saturated carbocycles. The Morgan fingerprint density at radius 2 is 2.20 bits per heavy atom. The lowest BCUT2D eigenvalue weighted by atomic mass is 10.2. The number of amides is 2. The number of aromatic nitrogens is 2. The van der Waals surface area contributed by atoms with E-state index < -0.39 is 24.0 Å². The first kappa shape index (κ1) is 17.4. The van der Waals surface area contributed by atoms with Gasteiger partial charge >= 0.3 is 12.1 Å². The van der Waals surface area contributed by atoms with E-state index in [1.54, 1.807) is 6.07 Å². The van der Waals surface area contributed by atoms with Crippen molar-refractivity contribution < 1.29 is 27.2 Å². The Labute approximate surface area is 143 Å². The van der Waals surface area contributed by atoms with Gasteiger partial charge in [-0.2, -0.15) is 13.2 Å². The van der Waals surface area contributed by atoms with Gasteiger partial charge in [-0.25, -0.2) is 0 Å². The van der Waals surface area contributed by atoms with Crippen LogP contribution in [0.15, 0.2) is 21.9 Å². The number of nitrogens with zero attached hydrogens (tertiary/aromatic N) is 3. The molecule has 1 atom stereocenters. The number of alkyl halides is 3. The van der Waals surface area contributed by atoms with Crippen LogP contribution in [0.2, 0.25) is 0 Å². The second kappa shape index (κ2) is 6.82. The number of nitrogens with one attached hydrogen (secondary N) is 1. The van der Waals surface area contributed by atoms with Gasteiger partial charge in [-0.15, -0.1) is 21.5 Å². The van der Waals surface area contributed by atoms with E-state index in [4.69, 9.17) is 4.42 Å². The molecule has 0 radical (unpaired) electrons. The summed E-state index contributed by atoms with van der Waals surface area (Å²) in [6, 6.07) is 2.46. The third-order valence-corrected chi connectivity index (χ3v) is 4.53. The number of carbonyl (C=O) groups is 2. The van der Waals surface area contributed by atoms with Gasteiger partial charge in [0, 0.05) is 6.54 Å². The predicted octanol–water partition coefficient (Wildman–Crippen LogP) is 1.97. The maximum atomic E-state index is 12.6. The Bertz CT molecular complexity index is 760. The molecule has 2 amide bonds. The molecule has 7 nitrogen and oxygen atoms in total. The fourth-order valence-corrected chi connectivity index (χ4v) is 3.19. The first-order valence-electron chi connectivity index (χ1n) is 7.38. The van der Waals surface area contributed by atoms with Crippen molar-refractivity contribution in [1.29, 1.82) is 0 Å². The molecule has 3 rings (SSSR count). The molecule has 25 heavy (non-hydrogen) atoms. The van der Waals surface area contributed by atoms with Crippen LogP contribution in [0, 0.1) is 0 Å².